The van der Waals surface area contributed by atoms with Gasteiger partial charge in [0.1, 0.15) is 0 Å². The van der Waals surface area contributed by atoms with Crippen molar-refractivity contribution in [2.24, 2.45) is 5.92 Å². The normalized spacial score (nSPS) is 11.9. The Bertz CT molecular complexity index is 369. The van der Waals surface area contributed by atoms with E-state index in [2.05, 4.69) is 15.6 Å². The third kappa shape index (κ3) is 4.82. The number of nitrogens with zero attached hydrogens (tertiary/aromatic N) is 1. The van der Waals surface area contributed by atoms with Gasteiger partial charge in [0.05, 0.1) is 0 Å². The van der Waals surface area contributed by atoms with Gasteiger partial charge in [-0.05, 0) is 30.9 Å². The Labute approximate surface area is 101 Å². The molecular weight excluding hydrogens is 218 g/mol. The highest BCUT2D eigenvalue weighted by Crippen LogP contribution is 2.11. The largest absolute Gasteiger partial charge is 0.396 e. The molecule has 0 saturated carbocycles. The van der Waals surface area contributed by atoms with Crippen LogP contribution in [0.1, 0.15) is 18.9 Å². The summed E-state index contributed by atoms with van der Waals surface area (Å²) in [6, 6.07) is 1.52. The van der Waals surface area contributed by atoms with Crippen molar-refractivity contribution in [2.75, 3.05) is 18.5 Å². The molecule has 0 radical (unpaired) electrons. The number of amides is 2. The third-order valence-electron chi connectivity index (χ3n) is 2.50. The number of hydrogen-bond acceptors (Lipinski definition) is 3. The molecule has 0 saturated heterocycles. The molecule has 3 N–H and O–H groups in total. The number of aromatic nitrogens is 1. The molecule has 0 aliphatic heterocycles. The number of nitrogens with one attached hydrogen (secondary N) is 2. The van der Waals surface area contributed by atoms with Crippen LogP contribution in [-0.2, 0) is 0 Å². The van der Waals surface area contributed by atoms with Crippen LogP contribution in [0, 0.1) is 12.8 Å². The van der Waals surface area contributed by atoms with Crippen LogP contribution in [0.2, 0.25) is 0 Å². The lowest BCUT2D eigenvalue weighted by atomic mass is 10.1. The van der Waals surface area contributed by atoms with E-state index in [1.54, 1.807) is 18.5 Å². The Morgan fingerprint density at radius 3 is 3.00 bits per heavy atom. The van der Waals surface area contributed by atoms with E-state index in [0.717, 1.165) is 11.3 Å². The van der Waals surface area contributed by atoms with Gasteiger partial charge in [0, 0.05) is 31.2 Å². The van der Waals surface area contributed by atoms with Crippen molar-refractivity contribution in [3.63, 3.8) is 0 Å². The Hall–Kier alpha value is -1.62. The second kappa shape index (κ2) is 6.85. The van der Waals surface area contributed by atoms with Crippen molar-refractivity contribution in [3.05, 3.63) is 24.0 Å². The van der Waals surface area contributed by atoms with Crippen LogP contribution in [0.5, 0.6) is 0 Å². The van der Waals surface area contributed by atoms with E-state index in [9.17, 15) is 4.79 Å². The van der Waals surface area contributed by atoms with Gasteiger partial charge in [-0.25, -0.2) is 4.79 Å². The van der Waals surface area contributed by atoms with Crippen molar-refractivity contribution in [1.29, 1.82) is 0 Å². The molecule has 0 spiro atoms. The quantitative estimate of drug-likeness (QED) is 0.727. The molecule has 94 valence electrons. The lowest BCUT2D eigenvalue weighted by molar-refractivity contribution is 0.243. The number of aliphatic hydroxyl groups is 1. The highest BCUT2D eigenvalue weighted by atomic mass is 16.3. The standard InChI is InChI=1S/C12H19N3O2/c1-9(4-6-16)7-14-12(17)15-11-3-5-13-8-10(11)2/h3,5,8-9,16H,4,6-7H2,1-2H3,(H2,13,14,15,17). The fourth-order valence-electron chi connectivity index (χ4n) is 1.37. The minimum atomic E-state index is -0.232. The molecule has 0 fully saturated rings. The van der Waals surface area contributed by atoms with E-state index in [0.29, 0.717) is 13.0 Å². The number of hydrogen-bond donors (Lipinski definition) is 3. The van der Waals surface area contributed by atoms with E-state index in [1.807, 2.05) is 13.8 Å². The second-order valence-corrected chi connectivity index (χ2v) is 4.14. The topological polar surface area (TPSA) is 74.2 Å². The molecule has 0 aromatic carbocycles. The molecule has 1 heterocycles. The SMILES string of the molecule is Cc1cnccc1NC(=O)NCC(C)CCO. The predicted molar refractivity (Wildman–Crippen MR) is 66.9 cm³/mol. The summed E-state index contributed by atoms with van der Waals surface area (Å²) in [7, 11) is 0. The highest BCUT2D eigenvalue weighted by Gasteiger charge is 2.06. The van der Waals surface area contributed by atoms with E-state index >= 15 is 0 Å². The number of anilines is 1. The maximum atomic E-state index is 11.6. The second-order valence-electron chi connectivity index (χ2n) is 4.14. The fraction of sp³-hybridized carbons (Fsp3) is 0.500. The minimum Gasteiger partial charge on any atom is -0.396 e. The Kier molecular flexibility index (Phi) is 5.42. The smallest absolute Gasteiger partial charge is 0.319 e. The van der Waals surface area contributed by atoms with Gasteiger partial charge in [-0.15, -0.1) is 0 Å². The number of urea groups is 1. The minimum absolute atomic E-state index is 0.147. The van der Waals surface area contributed by atoms with E-state index in [-0.39, 0.29) is 18.6 Å². The Morgan fingerprint density at radius 2 is 2.35 bits per heavy atom. The summed E-state index contributed by atoms with van der Waals surface area (Å²) in [5.74, 6) is 0.268. The summed E-state index contributed by atoms with van der Waals surface area (Å²) in [6.07, 6.45) is 4.02. The molecule has 1 aromatic heterocycles. The number of aliphatic hydroxyl groups excluding tert-OH is 1. The van der Waals surface area contributed by atoms with Crippen molar-refractivity contribution in [3.8, 4) is 0 Å². The van der Waals surface area contributed by atoms with E-state index in [4.69, 9.17) is 5.11 Å². The zero-order chi connectivity index (χ0) is 12.7. The maximum Gasteiger partial charge on any atom is 0.319 e. The number of pyridine rings is 1. The van der Waals surface area contributed by atoms with Gasteiger partial charge >= 0.3 is 6.03 Å². The van der Waals surface area contributed by atoms with Gasteiger partial charge in [-0.1, -0.05) is 6.92 Å². The van der Waals surface area contributed by atoms with Crippen LogP contribution in [0.3, 0.4) is 0 Å². The predicted octanol–water partition coefficient (Wildman–Crippen LogP) is 1.53. The lowest BCUT2D eigenvalue weighted by Crippen LogP contribution is -2.32. The molecule has 5 heteroatoms. The van der Waals surface area contributed by atoms with Crippen LogP contribution >= 0.6 is 0 Å². The van der Waals surface area contributed by atoms with Crippen molar-refractivity contribution in [1.82, 2.24) is 10.3 Å². The summed E-state index contributed by atoms with van der Waals surface area (Å²) in [5, 5.41) is 14.3. The molecule has 0 aliphatic rings. The van der Waals surface area contributed by atoms with Crippen molar-refractivity contribution < 1.29 is 9.90 Å². The molecule has 0 bridgehead atoms. The molecule has 1 rings (SSSR count). The average molecular weight is 237 g/mol. The van der Waals surface area contributed by atoms with Crippen LogP contribution < -0.4 is 10.6 Å². The lowest BCUT2D eigenvalue weighted by Gasteiger charge is -2.12. The molecule has 1 unspecified atom stereocenters. The first-order chi connectivity index (χ1) is 8.13. The van der Waals surface area contributed by atoms with Gasteiger partial charge in [0.25, 0.3) is 0 Å². The summed E-state index contributed by atoms with van der Waals surface area (Å²) in [5.41, 5.74) is 1.68. The maximum absolute atomic E-state index is 11.6. The highest BCUT2D eigenvalue weighted by molar-refractivity contribution is 5.89. The first-order valence-corrected chi connectivity index (χ1v) is 5.69. The van der Waals surface area contributed by atoms with Crippen LogP contribution in [0.15, 0.2) is 18.5 Å². The molecule has 1 atom stereocenters. The molecule has 2 amide bonds. The van der Waals surface area contributed by atoms with Gasteiger partial charge in [0.15, 0.2) is 0 Å². The summed E-state index contributed by atoms with van der Waals surface area (Å²) >= 11 is 0. The summed E-state index contributed by atoms with van der Waals surface area (Å²) in [4.78, 5) is 15.5. The van der Waals surface area contributed by atoms with Crippen molar-refractivity contribution >= 4 is 11.7 Å². The first kappa shape index (κ1) is 13.4. The first-order valence-electron chi connectivity index (χ1n) is 5.69. The Balaban J connectivity index is 2.37. The average Bonchev–Trinajstić information content (AvgIpc) is 2.30. The number of rotatable bonds is 5. The van der Waals surface area contributed by atoms with Gasteiger partial charge < -0.3 is 15.7 Å². The van der Waals surface area contributed by atoms with Gasteiger partial charge in [-0.2, -0.15) is 0 Å². The van der Waals surface area contributed by atoms with Crippen LogP contribution in [-0.4, -0.2) is 29.3 Å². The Morgan fingerprint density at radius 1 is 1.59 bits per heavy atom. The van der Waals surface area contributed by atoms with Gasteiger partial charge in [0.2, 0.25) is 0 Å². The summed E-state index contributed by atoms with van der Waals surface area (Å²) in [6.45, 7) is 4.57. The van der Waals surface area contributed by atoms with Gasteiger partial charge in [-0.3, -0.25) is 4.98 Å². The molecule has 0 aliphatic carbocycles. The zero-order valence-electron chi connectivity index (χ0n) is 10.2. The van der Waals surface area contributed by atoms with Crippen LogP contribution in [0.25, 0.3) is 0 Å². The number of aryl methyl sites for hydroxylation is 1. The number of carbonyl (C=O) groups is 1. The molecule has 17 heavy (non-hydrogen) atoms. The monoisotopic (exact) mass is 237 g/mol. The van der Waals surface area contributed by atoms with E-state index < -0.39 is 0 Å². The molecule has 5 nitrogen and oxygen atoms in total. The third-order valence-corrected chi connectivity index (χ3v) is 2.50. The number of carbonyl (C=O) groups excluding carboxylic acids is 1. The van der Waals surface area contributed by atoms with Crippen molar-refractivity contribution in [2.45, 2.75) is 20.3 Å². The molecular formula is C12H19N3O2. The van der Waals surface area contributed by atoms with Crippen LogP contribution in [0.4, 0.5) is 10.5 Å². The van der Waals surface area contributed by atoms with E-state index in [1.165, 1.54) is 0 Å². The molecule has 1 aromatic rings. The summed E-state index contributed by atoms with van der Waals surface area (Å²) < 4.78 is 0. The zero-order valence-corrected chi connectivity index (χ0v) is 10.2. The fourth-order valence-corrected chi connectivity index (χ4v) is 1.37.